The van der Waals surface area contributed by atoms with Crippen molar-refractivity contribution in [2.75, 3.05) is 40.4 Å². The van der Waals surface area contributed by atoms with Gasteiger partial charge in [-0.25, -0.2) is 0 Å². The van der Waals surface area contributed by atoms with Crippen LogP contribution < -0.4 is 5.32 Å². The number of Topliss-reactive ketones (excluding diaryl/α,β-unsaturated/α-hetero) is 1. The average Bonchev–Trinajstić information content (AvgIpc) is 3.17. The fraction of sp³-hybridized carbons (Fsp3) is 0.917. The molecular formula is C48H92N2O6. The lowest BCUT2D eigenvalue weighted by Crippen LogP contribution is -2.31. The summed E-state index contributed by atoms with van der Waals surface area (Å²) in [6.07, 6.45) is 37.6. The van der Waals surface area contributed by atoms with Crippen molar-refractivity contribution in [3.05, 3.63) is 0 Å². The summed E-state index contributed by atoms with van der Waals surface area (Å²) in [5.41, 5.74) is 0. The van der Waals surface area contributed by atoms with Crippen LogP contribution in [-0.2, 0) is 28.7 Å². The van der Waals surface area contributed by atoms with Crippen molar-refractivity contribution in [3.63, 3.8) is 0 Å². The van der Waals surface area contributed by atoms with Gasteiger partial charge in [0.15, 0.2) is 0 Å². The Labute approximate surface area is 346 Å². The van der Waals surface area contributed by atoms with Gasteiger partial charge in [0, 0.05) is 45.2 Å². The highest BCUT2D eigenvalue weighted by Crippen LogP contribution is 2.23. The molecule has 1 amide bonds. The topological polar surface area (TPSA) is 102 Å². The Bertz CT molecular complexity index is 910. The number of likely N-dealkylation sites (N-methyl/N-ethyl adjacent to an activating group) is 1. The summed E-state index contributed by atoms with van der Waals surface area (Å²) in [6.45, 7) is 6.85. The van der Waals surface area contributed by atoms with Gasteiger partial charge in [-0.1, -0.05) is 168 Å². The standard InChI is InChI=1S/C48H92N2O6/c1-5-7-9-11-13-15-17-19-21-23-27-34-47(53)55-42-30-25-26-32-44(36-37-45(51)38-39-46(52)49-40-41-50(3)4)33-29-31-43-56-48(54)35-28-24-22-20-18-16-14-12-10-8-6-2/h44H,5-43H2,1-4H3,(H,49,52). The van der Waals surface area contributed by atoms with Gasteiger partial charge in [-0.15, -0.1) is 0 Å². The van der Waals surface area contributed by atoms with Gasteiger partial charge in [0.25, 0.3) is 0 Å². The summed E-state index contributed by atoms with van der Waals surface area (Å²) >= 11 is 0. The van der Waals surface area contributed by atoms with Crippen molar-refractivity contribution in [2.24, 2.45) is 5.92 Å². The van der Waals surface area contributed by atoms with Gasteiger partial charge in [0.1, 0.15) is 5.78 Å². The summed E-state index contributed by atoms with van der Waals surface area (Å²) in [5, 5.41) is 2.89. The van der Waals surface area contributed by atoms with Crippen molar-refractivity contribution in [1.82, 2.24) is 10.2 Å². The number of unbranched alkanes of at least 4 members (excludes halogenated alkanes) is 23. The van der Waals surface area contributed by atoms with E-state index < -0.39 is 0 Å². The first-order valence-electron chi connectivity index (χ1n) is 24.0. The number of hydrogen-bond acceptors (Lipinski definition) is 7. The van der Waals surface area contributed by atoms with Crippen LogP contribution in [0.3, 0.4) is 0 Å². The molecule has 0 saturated carbocycles. The molecule has 1 unspecified atom stereocenters. The third-order valence-corrected chi connectivity index (χ3v) is 11.1. The molecule has 0 bridgehead atoms. The van der Waals surface area contributed by atoms with Crippen molar-refractivity contribution in [1.29, 1.82) is 0 Å². The monoisotopic (exact) mass is 793 g/mol. The molecule has 0 aromatic rings. The molecule has 0 aromatic heterocycles. The van der Waals surface area contributed by atoms with E-state index in [2.05, 4.69) is 19.2 Å². The number of nitrogens with one attached hydrogen (secondary N) is 1. The van der Waals surface area contributed by atoms with Gasteiger partial charge in [-0.2, -0.15) is 0 Å². The Morgan fingerprint density at radius 1 is 0.446 bits per heavy atom. The molecule has 330 valence electrons. The first kappa shape index (κ1) is 54.0. The highest BCUT2D eigenvalue weighted by Gasteiger charge is 2.14. The smallest absolute Gasteiger partial charge is 0.305 e. The molecule has 1 atom stereocenters. The number of hydrogen-bond donors (Lipinski definition) is 1. The number of ether oxygens (including phenoxy) is 2. The molecule has 0 heterocycles. The third-order valence-electron chi connectivity index (χ3n) is 11.1. The summed E-state index contributed by atoms with van der Waals surface area (Å²) in [7, 11) is 3.93. The number of carbonyl (C=O) groups excluding carboxylic acids is 4. The van der Waals surface area contributed by atoms with Crippen LogP contribution in [0.15, 0.2) is 0 Å². The van der Waals surface area contributed by atoms with Crippen LogP contribution in [0.2, 0.25) is 0 Å². The Balaban J connectivity index is 4.26. The zero-order chi connectivity index (χ0) is 41.2. The minimum absolute atomic E-state index is 0.0608. The molecule has 0 aliphatic rings. The summed E-state index contributed by atoms with van der Waals surface area (Å²) < 4.78 is 11.1. The molecule has 8 nitrogen and oxygen atoms in total. The predicted molar refractivity (Wildman–Crippen MR) is 235 cm³/mol. The Morgan fingerprint density at radius 3 is 1.29 bits per heavy atom. The molecule has 0 radical (unpaired) electrons. The number of rotatable bonds is 44. The second-order valence-electron chi connectivity index (χ2n) is 17.0. The lowest BCUT2D eigenvalue weighted by atomic mass is 9.90. The highest BCUT2D eigenvalue weighted by molar-refractivity contribution is 5.84. The Kier molecular flexibility index (Phi) is 41.1. The molecule has 0 fully saturated rings. The molecule has 56 heavy (non-hydrogen) atoms. The molecular weight excluding hydrogens is 701 g/mol. The number of amides is 1. The molecule has 0 aliphatic heterocycles. The predicted octanol–water partition coefficient (Wildman–Crippen LogP) is 12.6. The zero-order valence-electron chi connectivity index (χ0n) is 37.6. The van der Waals surface area contributed by atoms with Gasteiger partial charge < -0.3 is 19.7 Å². The minimum Gasteiger partial charge on any atom is -0.466 e. The number of esters is 2. The largest absolute Gasteiger partial charge is 0.466 e. The zero-order valence-corrected chi connectivity index (χ0v) is 37.6. The lowest BCUT2D eigenvalue weighted by Gasteiger charge is -2.17. The van der Waals surface area contributed by atoms with Crippen LogP contribution in [0.1, 0.15) is 239 Å². The molecule has 1 N–H and O–H groups in total. The SMILES string of the molecule is CCCCCCCCCCCCCC(=O)OCCCCCC(CCCCOC(=O)CCCCCCCCCCCCC)CCC(=O)CCC(=O)NCCN(C)C. The van der Waals surface area contributed by atoms with E-state index in [4.69, 9.17) is 9.47 Å². The maximum Gasteiger partial charge on any atom is 0.305 e. The second-order valence-corrected chi connectivity index (χ2v) is 17.0. The van der Waals surface area contributed by atoms with E-state index >= 15 is 0 Å². The van der Waals surface area contributed by atoms with Crippen LogP contribution in [0, 0.1) is 5.92 Å². The van der Waals surface area contributed by atoms with E-state index in [1.54, 1.807) is 0 Å². The molecule has 0 saturated heterocycles. The Hall–Kier alpha value is -1.96. The van der Waals surface area contributed by atoms with E-state index in [9.17, 15) is 19.2 Å². The molecule has 0 spiro atoms. The van der Waals surface area contributed by atoms with Gasteiger partial charge in [0.2, 0.25) is 5.91 Å². The van der Waals surface area contributed by atoms with Crippen LogP contribution in [0.4, 0.5) is 0 Å². The van der Waals surface area contributed by atoms with Crippen molar-refractivity contribution in [2.45, 2.75) is 239 Å². The van der Waals surface area contributed by atoms with Crippen LogP contribution in [0.25, 0.3) is 0 Å². The first-order chi connectivity index (χ1) is 27.3. The number of nitrogens with zero attached hydrogens (tertiary/aromatic N) is 1. The average molecular weight is 793 g/mol. The van der Waals surface area contributed by atoms with Crippen LogP contribution in [0.5, 0.6) is 0 Å². The summed E-state index contributed by atoms with van der Waals surface area (Å²) in [6, 6.07) is 0. The third kappa shape index (κ3) is 41.7. The van der Waals surface area contributed by atoms with E-state index in [0.717, 1.165) is 83.6 Å². The van der Waals surface area contributed by atoms with Gasteiger partial charge in [-0.05, 0) is 58.5 Å². The molecule has 0 aliphatic carbocycles. The number of carbonyl (C=O) groups is 4. The lowest BCUT2D eigenvalue weighted by molar-refractivity contribution is -0.144. The summed E-state index contributed by atoms with van der Waals surface area (Å²) in [5.74, 6) is 0.369. The van der Waals surface area contributed by atoms with E-state index in [1.165, 1.54) is 116 Å². The molecule has 8 heteroatoms. The van der Waals surface area contributed by atoms with E-state index in [-0.39, 0.29) is 30.0 Å². The number of ketones is 1. The molecule has 0 aromatic carbocycles. The van der Waals surface area contributed by atoms with Crippen LogP contribution >= 0.6 is 0 Å². The van der Waals surface area contributed by atoms with Gasteiger partial charge >= 0.3 is 11.9 Å². The van der Waals surface area contributed by atoms with Crippen LogP contribution in [-0.4, -0.2) is 68.9 Å². The summed E-state index contributed by atoms with van der Waals surface area (Å²) in [4.78, 5) is 51.3. The fourth-order valence-corrected chi connectivity index (χ4v) is 7.31. The van der Waals surface area contributed by atoms with Gasteiger partial charge in [0.05, 0.1) is 13.2 Å². The fourth-order valence-electron chi connectivity index (χ4n) is 7.31. The van der Waals surface area contributed by atoms with E-state index in [1.807, 2.05) is 19.0 Å². The normalized spacial score (nSPS) is 11.9. The maximum absolute atomic E-state index is 12.7. The van der Waals surface area contributed by atoms with E-state index in [0.29, 0.717) is 51.4 Å². The minimum atomic E-state index is -0.0756. The van der Waals surface area contributed by atoms with Crippen molar-refractivity contribution in [3.8, 4) is 0 Å². The van der Waals surface area contributed by atoms with Crippen molar-refractivity contribution >= 4 is 23.6 Å². The maximum atomic E-state index is 12.7. The second kappa shape index (κ2) is 42.6. The Morgan fingerprint density at radius 2 is 0.839 bits per heavy atom. The quantitative estimate of drug-likeness (QED) is 0.0484. The highest BCUT2D eigenvalue weighted by atomic mass is 16.5. The van der Waals surface area contributed by atoms with Crippen molar-refractivity contribution < 1.29 is 28.7 Å². The molecule has 0 rings (SSSR count). The van der Waals surface area contributed by atoms with Gasteiger partial charge in [-0.3, -0.25) is 19.2 Å². The first-order valence-corrected chi connectivity index (χ1v) is 24.0.